The van der Waals surface area contributed by atoms with E-state index in [1.165, 1.54) is 19.0 Å². The first kappa shape index (κ1) is 23.3. The minimum Gasteiger partial charge on any atom is -0.497 e. The SMILES string of the molecule is COc1ccc2ncc(Cl)c(C(=O)CCC3CCNC(CCSC4CC4)C3C(=O)O)c2c1. The summed E-state index contributed by atoms with van der Waals surface area (Å²) in [5.41, 5.74) is 1.12. The Morgan fingerprint density at radius 1 is 1.28 bits per heavy atom. The predicted octanol–water partition coefficient (Wildman–Crippen LogP) is 4.82. The van der Waals surface area contributed by atoms with E-state index in [9.17, 15) is 14.7 Å². The molecule has 0 radical (unpaired) electrons. The largest absolute Gasteiger partial charge is 0.497 e. The van der Waals surface area contributed by atoms with Crippen LogP contribution in [0.5, 0.6) is 5.75 Å². The molecular weight excluding hydrogens is 448 g/mol. The van der Waals surface area contributed by atoms with E-state index in [4.69, 9.17) is 16.3 Å². The van der Waals surface area contributed by atoms with Crippen molar-refractivity contribution in [3.63, 3.8) is 0 Å². The van der Waals surface area contributed by atoms with Crippen molar-refractivity contribution in [3.05, 3.63) is 35.0 Å². The molecule has 0 spiro atoms. The number of halogens is 1. The smallest absolute Gasteiger partial charge is 0.308 e. The van der Waals surface area contributed by atoms with Crippen LogP contribution in [0, 0.1) is 11.8 Å². The second-order valence-electron chi connectivity index (χ2n) is 8.66. The Kier molecular flexibility index (Phi) is 7.59. The molecule has 2 fully saturated rings. The molecule has 2 heterocycles. The van der Waals surface area contributed by atoms with Gasteiger partial charge in [0.1, 0.15) is 5.75 Å². The average molecular weight is 477 g/mol. The second-order valence-corrected chi connectivity index (χ2v) is 10.5. The van der Waals surface area contributed by atoms with Crippen molar-refractivity contribution in [3.8, 4) is 5.75 Å². The molecule has 1 aromatic heterocycles. The molecular formula is C24H29ClN2O4S. The summed E-state index contributed by atoms with van der Waals surface area (Å²) in [4.78, 5) is 29.6. The third-order valence-corrected chi connectivity index (χ3v) is 8.21. The summed E-state index contributed by atoms with van der Waals surface area (Å²) in [6.45, 7) is 0.789. The number of carbonyl (C=O) groups is 2. The van der Waals surface area contributed by atoms with Gasteiger partial charge in [0.25, 0.3) is 0 Å². The van der Waals surface area contributed by atoms with Crippen LogP contribution in [0.1, 0.15) is 48.9 Å². The molecule has 2 N–H and O–H groups in total. The number of benzene rings is 1. The number of carboxylic acids is 1. The third-order valence-electron chi connectivity index (χ3n) is 6.50. The maximum absolute atomic E-state index is 13.2. The quantitative estimate of drug-likeness (QED) is 0.475. The molecule has 4 rings (SSSR count). The number of hydrogen-bond donors (Lipinski definition) is 2. The zero-order valence-corrected chi connectivity index (χ0v) is 19.8. The monoisotopic (exact) mass is 476 g/mol. The van der Waals surface area contributed by atoms with Crippen molar-refractivity contribution in [2.75, 3.05) is 19.4 Å². The Morgan fingerprint density at radius 3 is 2.81 bits per heavy atom. The molecule has 3 unspecified atom stereocenters. The summed E-state index contributed by atoms with van der Waals surface area (Å²) in [5.74, 6) is 0.258. The lowest BCUT2D eigenvalue weighted by Gasteiger charge is -2.36. The summed E-state index contributed by atoms with van der Waals surface area (Å²) in [6.07, 6.45) is 6.48. The molecule has 1 aromatic carbocycles. The number of thioether (sulfide) groups is 1. The highest BCUT2D eigenvalue weighted by atomic mass is 35.5. The van der Waals surface area contributed by atoms with Crippen molar-refractivity contribution < 1.29 is 19.4 Å². The van der Waals surface area contributed by atoms with E-state index in [1.807, 2.05) is 11.8 Å². The standard InChI is InChI=1S/C24H29ClN2O4S/c1-31-15-3-6-19-17(12-15)23(18(25)13-27-19)21(28)7-2-14-8-10-26-20(22(14)24(29)30)9-11-32-16-4-5-16/h3,6,12-14,16,20,22,26H,2,4-5,7-11H2,1H3,(H,29,30). The van der Waals surface area contributed by atoms with Crippen LogP contribution in [-0.2, 0) is 4.79 Å². The number of pyridine rings is 1. The zero-order chi connectivity index (χ0) is 22.7. The fourth-order valence-electron chi connectivity index (χ4n) is 4.66. The van der Waals surface area contributed by atoms with Gasteiger partial charge in [0.15, 0.2) is 5.78 Å². The van der Waals surface area contributed by atoms with E-state index in [1.54, 1.807) is 25.3 Å². The number of ketones is 1. The second kappa shape index (κ2) is 10.4. The molecule has 32 heavy (non-hydrogen) atoms. The highest BCUT2D eigenvalue weighted by Gasteiger charge is 2.38. The van der Waals surface area contributed by atoms with Crippen LogP contribution >= 0.6 is 23.4 Å². The van der Waals surface area contributed by atoms with Gasteiger partial charge in [-0.15, -0.1) is 0 Å². The van der Waals surface area contributed by atoms with E-state index >= 15 is 0 Å². The van der Waals surface area contributed by atoms with Crippen molar-refractivity contribution in [1.82, 2.24) is 10.3 Å². The lowest BCUT2D eigenvalue weighted by Crippen LogP contribution is -2.49. The predicted molar refractivity (Wildman–Crippen MR) is 128 cm³/mol. The number of piperidine rings is 1. The van der Waals surface area contributed by atoms with E-state index in [2.05, 4.69) is 10.3 Å². The maximum atomic E-state index is 13.2. The van der Waals surface area contributed by atoms with Gasteiger partial charge in [-0.25, -0.2) is 0 Å². The number of carbonyl (C=O) groups excluding carboxylic acids is 1. The molecule has 1 saturated carbocycles. The van der Waals surface area contributed by atoms with Gasteiger partial charge in [-0.1, -0.05) is 11.6 Å². The fraction of sp³-hybridized carbons (Fsp3) is 0.542. The van der Waals surface area contributed by atoms with E-state index in [0.29, 0.717) is 33.7 Å². The van der Waals surface area contributed by atoms with Crippen molar-refractivity contribution in [1.29, 1.82) is 0 Å². The molecule has 1 saturated heterocycles. The summed E-state index contributed by atoms with van der Waals surface area (Å²) in [6, 6.07) is 5.34. The van der Waals surface area contributed by atoms with Crippen molar-refractivity contribution in [2.24, 2.45) is 11.8 Å². The molecule has 3 atom stereocenters. The normalized spacial score (nSPS) is 23.2. The first-order valence-electron chi connectivity index (χ1n) is 11.2. The molecule has 0 amide bonds. The Morgan fingerprint density at radius 2 is 2.09 bits per heavy atom. The van der Waals surface area contributed by atoms with Gasteiger partial charge in [0, 0.05) is 34.9 Å². The minimum atomic E-state index is -0.770. The number of fused-ring (bicyclic) bond motifs is 1. The Balaban J connectivity index is 1.46. The Labute approximate surface area is 197 Å². The first-order chi connectivity index (χ1) is 15.5. The molecule has 8 heteroatoms. The average Bonchev–Trinajstić information content (AvgIpc) is 3.61. The van der Waals surface area contributed by atoms with Gasteiger partial charge in [-0.05, 0) is 68.5 Å². The number of hydrogen-bond acceptors (Lipinski definition) is 6. The number of nitrogens with zero attached hydrogens (tertiary/aromatic N) is 1. The van der Waals surface area contributed by atoms with Gasteiger partial charge in [0.2, 0.25) is 0 Å². The zero-order valence-electron chi connectivity index (χ0n) is 18.2. The molecule has 1 aliphatic heterocycles. The van der Waals surface area contributed by atoms with Crippen LogP contribution in [0.15, 0.2) is 24.4 Å². The van der Waals surface area contributed by atoms with Gasteiger partial charge >= 0.3 is 5.97 Å². The number of nitrogens with one attached hydrogen (secondary N) is 1. The Bertz CT molecular complexity index is 997. The Hall–Kier alpha value is -1.83. The highest BCUT2D eigenvalue weighted by molar-refractivity contribution is 8.00. The third kappa shape index (κ3) is 5.38. The number of methoxy groups -OCH3 is 1. The molecule has 6 nitrogen and oxygen atoms in total. The van der Waals surface area contributed by atoms with E-state index < -0.39 is 11.9 Å². The molecule has 0 bridgehead atoms. The summed E-state index contributed by atoms with van der Waals surface area (Å²) < 4.78 is 5.30. The van der Waals surface area contributed by atoms with Gasteiger partial charge in [-0.2, -0.15) is 11.8 Å². The van der Waals surface area contributed by atoms with Crippen LogP contribution in [0.3, 0.4) is 0 Å². The number of rotatable bonds is 10. The van der Waals surface area contributed by atoms with E-state index in [-0.39, 0.29) is 24.2 Å². The maximum Gasteiger partial charge on any atom is 0.308 e. The molecule has 2 aromatic rings. The lowest BCUT2D eigenvalue weighted by atomic mass is 9.77. The number of Topliss-reactive ketones (excluding diaryl/α,β-unsaturated/α-hetero) is 1. The minimum absolute atomic E-state index is 0.0324. The lowest BCUT2D eigenvalue weighted by molar-refractivity contribution is -0.146. The van der Waals surface area contributed by atoms with Crippen molar-refractivity contribution >= 4 is 46.0 Å². The summed E-state index contributed by atoms with van der Waals surface area (Å²) >= 11 is 8.33. The first-order valence-corrected chi connectivity index (χ1v) is 12.6. The van der Waals surface area contributed by atoms with Crippen LogP contribution in [0.2, 0.25) is 5.02 Å². The topological polar surface area (TPSA) is 88.5 Å². The van der Waals surface area contributed by atoms with Crippen LogP contribution < -0.4 is 10.1 Å². The van der Waals surface area contributed by atoms with Gasteiger partial charge < -0.3 is 15.2 Å². The highest BCUT2D eigenvalue weighted by Crippen LogP contribution is 2.37. The number of aliphatic carboxylic acids is 1. The number of aromatic nitrogens is 1. The van der Waals surface area contributed by atoms with Gasteiger partial charge in [-0.3, -0.25) is 14.6 Å². The molecule has 172 valence electrons. The van der Waals surface area contributed by atoms with Crippen LogP contribution in [0.4, 0.5) is 0 Å². The van der Waals surface area contributed by atoms with Crippen LogP contribution in [-0.4, -0.2) is 52.5 Å². The van der Waals surface area contributed by atoms with Crippen LogP contribution in [0.25, 0.3) is 10.9 Å². The summed E-state index contributed by atoms with van der Waals surface area (Å²) in [5, 5.41) is 15.1. The van der Waals surface area contributed by atoms with E-state index in [0.717, 1.165) is 30.4 Å². The molecule has 1 aliphatic carbocycles. The fourth-order valence-corrected chi connectivity index (χ4v) is 6.11. The summed E-state index contributed by atoms with van der Waals surface area (Å²) in [7, 11) is 1.57. The molecule has 2 aliphatic rings. The van der Waals surface area contributed by atoms with Crippen molar-refractivity contribution in [2.45, 2.75) is 49.8 Å². The number of ether oxygens (including phenoxy) is 1. The number of carboxylic acid groups (broad SMARTS) is 1. The van der Waals surface area contributed by atoms with Gasteiger partial charge in [0.05, 0.1) is 23.6 Å².